The maximum atomic E-state index is 5.95. The third-order valence-electron chi connectivity index (χ3n) is 3.24. The van der Waals surface area contributed by atoms with Gasteiger partial charge >= 0.3 is 0 Å². The Morgan fingerprint density at radius 2 is 1.79 bits per heavy atom. The molecule has 0 aliphatic heterocycles. The third kappa shape index (κ3) is 4.66. The highest BCUT2D eigenvalue weighted by Gasteiger charge is 2.13. The molecular weight excluding hydrogens is 236 g/mol. The highest BCUT2D eigenvalue weighted by molar-refractivity contribution is 5.62. The fraction of sp³-hybridized carbons (Fsp3) is 0.625. The van der Waals surface area contributed by atoms with Crippen LogP contribution in [0.2, 0.25) is 0 Å². The normalized spacial score (nSPS) is 12.8. The summed E-state index contributed by atoms with van der Waals surface area (Å²) in [5.41, 5.74) is 7.80. The van der Waals surface area contributed by atoms with Gasteiger partial charge in [-0.25, -0.2) is 0 Å². The summed E-state index contributed by atoms with van der Waals surface area (Å²) in [7, 11) is 2.12. The number of benzene rings is 1. The summed E-state index contributed by atoms with van der Waals surface area (Å²) in [6.07, 6.45) is 1.30. The molecule has 0 aliphatic rings. The third-order valence-corrected chi connectivity index (χ3v) is 3.24. The Morgan fingerprint density at radius 3 is 2.32 bits per heavy atom. The van der Waals surface area contributed by atoms with E-state index in [0.717, 1.165) is 11.4 Å². The van der Waals surface area contributed by atoms with Crippen molar-refractivity contribution in [2.24, 2.45) is 5.92 Å². The minimum absolute atomic E-state index is 0.135. The van der Waals surface area contributed by atoms with E-state index in [1.54, 1.807) is 0 Å². The lowest BCUT2D eigenvalue weighted by Gasteiger charge is -2.29. The van der Waals surface area contributed by atoms with Gasteiger partial charge in [-0.05, 0) is 45.2 Å². The molecule has 0 bridgehead atoms. The standard InChI is InChI=1S/C16H28N2O/c1-11(2)9-13(5)18(6)14-7-8-15(17)16(10-14)19-12(3)4/h7-8,10-13H,9,17H2,1-6H3. The highest BCUT2D eigenvalue weighted by Crippen LogP contribution is 2.29. The minimum Gasteiger partial charge on any atom is -0.489 e. The molecule has 3 heteroatoms. The number of nitrogen functional groups attached to an aromatic ring is 1. The number of ether oxygens (including phenoxy) is 1. The van der Waals surface area contributed by atoms with Crippen molar-refractivity contribution in [3.63, 3.8) is 0 Å². The lowest BCUT2D eigenvalue weighted by atomic mass is 10.0. The van der Waals surface area contributed by atoms with E-state index in [1.165, 1.54) is 6.42 Å². The highest BCUT2D eigenvalue weighted by atomic mass is 16.5. The van der Waals surface area contributed by atoms with E-state index < -0.39 is 0 Å². The summed E-state index contributed by atoms with van der Waals surface area (Å²) in [4.78, 5) is 2.28. The molecule has 0 aliphatic carbocycles. The average molecular weight is 264 g/mol. The Kier molecular flexibility index (Phi) is 5.52. The topological polar surface area (TPSA) is 38.5 Å². The number of nitrogens with zero attached hydrogens (tertiary/aromatic N) is 1. The molecule has 19 heavy (non-hydrogen) atoms. The summed E-state index contributed by atoms with van der Waals surface area (Å²) in [6, 6.07) is 6.51. The second-order valence-electron chi connectivity index (χ2n) is 5.98. The second kappa shape index (κ2) is 6.69. The van der Waals surface area contributed by atoms with Gasteiger partial charge in [-0.1, -0.05) is 13.8 Å². The van der Waals surface area contributed by atoms with Crippen LogP contribution in [0, 0.1) is 5.92 Å². The van der Waals surface area contributed by atoms with Gasteiger partial charge in [0.1, 0.15) is 5.75 Å². The minimum atomic E-state index is 0.135. The monoisotopic (exact) mass is 264 g/mol. The zero-order valence-corrected chi connectivity index (χ0v) is 13.1. The van der Waals surface area contributed by atoms with E-state index in [9.17, 15) is 0 Å². The fourth-order valence-corrected chi connectivity index (χ4v) is 2.19. The predicted molar refractivity (Wildman–Crippen MR) is 83.9 cm³/mol. The largest absolute Gasteiger partial charge is 0.489 e. The molecule has 1 rings (SSSR count). The van der Waals surface area contributed by atoms with Gasteiger partial charge in [0.05, 0.1) is 11.8 Å². The van der Waals surface area contributed by atoms with Crippen LogP contribution in [-0.2, 0) is 0 Å². The summed E-state index contributed by atoms with van der Waals surface area (Å²) < 4.78 is 5.74. The SMILES string of the molecule is CC(C)CC(C)N(C)c1ccc(N)c(OC(C)C)c1. The van der Waals surface area contributed by atoms with Gasteiger partial charge in [-0.15, -0.1) is 0 Å². The molecule has 3 nitrogen and oxygen atoms in total. The van der Waals surface area contributed by atoms with Crippen molar-refractivity contribution >= 4 is 11.4 Å². The maximum Gasteiger partial charge on any atom is 0.144 e. The van der Waals surface area contributed by atoms with Crippen LogP contribution >= 0.6 is 0 Å². The first-order valence-electron chi connectivity index (χ1n) is 7.10. The van der Waals surface area contributed by atoms with Gasteiger partial charge in [0.2, 0.25) is 0 Å². The molecule has 0 saturated carbocycles. The summed E-state index contributed by atoms with van der Waals surface area (Å²) in [5, 5.41) is 0. The molecule has 108 valence electrons. The fourth-order valence-electron chi connectivity index (χ4n) is 2.19. The lowest BCUT2D eigenvalue weighted by Crippen LogP contribution is -2.30. The zero-order chi connectivity index (χ0) is 14.6. The number of nitrogens with two attached hydrogens (primary N) is 1. The molecule has 0 aromatic heterocycles. The van der Waals surface area contributed by atoms with Crippen LogP contribution in [0.3, 0.4) is 0 Å². The molecule has 1 aromatic carbocycles. The Morgan fingerprint density at radius 1 is 1.16 bits per heavy atom. The first kappa shape index (κ1) is 15.7. The van der Waals surface area contributed by atoms with Crippen molar-refractivity contribution in [3.05, 3.63) is 18.2 Å². The van der Waals surface area contributed by atoms with Gasteiger partial charge in [-0.2, -0.15) is 0 Å². The van der Waals surface area contributed by atoms with Crippen LogP contribution in [0.1, 0.15) is 41.0 Å². The van der Waals surface area contributed by atoms with Crippen molar-refractivity contribution in [2.45, 2.75) is 53.2 Å². The van der Waals surface area contributed by atoms with Crippen molar-refractivity contribution in [1.29, 1.82) is 0 Å². The van der Waals surface area contributed by atoms with Crippen LogP contribution in [0.4, 0.5) is 11.4 Å². The van der Waals surface area contributed by atoms with Crippen molar-refractivity contribution in [2.75, 3.05) is 17.7 Å². The van der Waals surface area contributed by atoms with Crippen LogP contribution in [0.5, 0.6) is 5.75 Å². The molecule has 1 unspecified atom stereocenters. The number of anilines is 2. The molecule has 0 saturated heterocycles. The maximum absolute atomic E-state index is 5.95. The van der Waals surface area contributed by atoms with Crippen molar-refractivity contribution < 1.29 is 4.74 Å². The van der Waals surface area contributed by atoms with Crippen LogP contribution < -0.4 is 15.4 Å². The molecule has 1 atom stereocenters. The van der Waals surface area contributed by atoms with Crippen molar-refractivity contribution in [3.8, 4) is 5.75 Å². The number of rotatable bonds is 6. The van der Waals surface area contributed by atoms with Crippen LogP contribution in [-0.4, -0.2) is 19.2 Å². The Hall–Kier alpha value is -1.38. The lowest BCUT2D eigenvalue weighted by molar-refractivity contribution is 0.244. The molecule has 1 aromatic rings. The van der Waals surface area contributed by atoms with Crippen LogP contribution in [0.25, 0.3) is 0 Å². The quantitative estimate of drug-likeness (QED) is 0.791. The molecular formula is C16H28N2O. The summed E-state index contributed by atoms with van der Waals surface area (Å²) in [6.45, 7) is 10.8. The molecule has 0 amide bonds. The average Bonchev–Trinajstić information content (AvgIpc) is 2.29. The Bertz CT molecular complexity index is 402. The summed E-state index contributed by atoms with van der Waals surface area (Å²) >= 11 is 0. The zero-order valence-electron chi connectivity index (χ0n) is 13.1. The van der Waals surface area contributed by atoms with Gasteiger partial charge in [-0.3, -0.25) is 0 Å². The van der Waals surface area contributed by atoms with E-state index in [1.807, 2.05) is 26.0 Å². The first-order valence-corrected chi connectivity index (χ1v) is 7.10. The van der Waals surface area contributed by atoms with E-state index in [4.69, 9.17) is 10.5 Å². The predicted octanol–water partition coefficient (Wildman–Crippen LogP) is 3.93. The molecule has 0 fully saturated rings. The van der Waals surface area contributed by atoms with Crippen LogP contribution in [0.15, 0.2) is 18.2 Å². The molecule has 0 heterocycles. The smallest absolute Gasteiger partial charge is 0.144 e. The van der Waals surface area contributed by atoms with Crippen molar-refractivity contribution in [1.82, 2.24) is 0 Å². The Labute approximate surface area is 117 Å². The van der Waals surface area contributed by atoms with Gasteiger partial charge in [0.15, 0.2) is 0 Å². The van der Waals surface area contributed by atoms with E-state index >= 15 is 0 Å². The van der Waals surface area contributed by atoms with Gasteiger partial charge < -0.3 is 15.4 Å². The Balaban J connectivity index is 2.88. The van der Waals surface area contributed by atoms with Gasteiger partial charge in [0.25, 0.3) is 0 Å². The second-order valence-corrected chi connectivity index (χ2v) is 5.98. The molecule has 2 N–H and O–H groups in total. The van der Waals surface area contributed by atoms with E-state index in [0.29, 0.717) is 17.6 Å². The van der Waals surface area contributed by atoms with E-state index in [-0.39, 0.29) is 6.10 Å². The number of hydrogen-bond donors (Lipinski definition) is 1. The summed E-state index contributed by atoms with van der Waals surface area (Å²) in [5.74, 6) is 1.47. The number of hydrogen-bond acceptors (Lipinski definition) is 3. The first-order chi connectivity index (χ1) is 8.81. The molecule has 0 radical (unpaired) electrons. The van der Waals surface area contributed by atoms with Gasteiger partial charge in [0, 0.05) is 24.8 Å². The van der Waals surface area contributed by atoms with E-state index in [2.05, 4.69) is 38.8 Å². The molecule has 0 spiro atoms.